The minimum absolute atomic E-state index is 0.0593. The average molecular weight is 346 g/mol. The molecule has 0 aromatic heterocycles. The molecule has 1 aliphatic rings. The zero-order valence-corrected chi connectivity index (χ0v) is 15.3. The molecule has 1 aliphatic carbocycles. The minimum atomic E-state index is -0.624. The molecule has 0 radical (unpaired) electrons. The van der Waals surface area contributed by atoms with E-state index < -0.39 is 6.10 Å². The van der Waals surface area contributed by atoms with Crippen LogP contribution >= 0.6 is 0 Å². The van der Waals surface area contributed by atoms with Crippen molar-refractivity contribution >= 4 is 17.5 Å². The first kappa shape index (κ1) is 19.4. The molecule has 138 valence electrons. The fourth-order valence-corrected chi connectivity index (χ4v) is 3.07. The summed E-state index contributed by atoms with van der Waals surface area (Å²) in [5.41, 5.74) is 1.69. The van der Waals surface area contributed by atoms with Crippen molar-refractivity contribution in [3.63, 3.8) is 0 Å². The van der Waals surface area contributed by atoms with E-state index in [4.69, 9.17) is 0 Å². The summed E-state index contributed by atoms with van der Waals surface area (Å²) in [4.78, 5) is 24.2. The molecule has 2 amide bonds. The average Bonchev–Trinajstić information content (AvgIpc) is 2.61. The van der Waals surface area contributed by atoms with Gasteiger partial charge in [-0.1, -0.05) is 45.2 Å². The SMILES string of the molecule is CC(C)C(O)CC(=O)NCc1cccc(NC(=O)C2CCCCC2)c1. The van der Waals surface area contributed by atoms with Crippen LogP contribution in [0.25, 0.3) is 0 Å². The molecule has 0 saturated heterocycles. The van der Waals surface area contributed by atoms with Crippen molar-refractivity contribution in [3.05, 3.63) is 29.8 Å². The van der Waals surface area contributed by atoms with Crippen LogP contribution in [0.2, 0.25) is 0 Å². The summed E-state index contributed by atoms with van der Waals surface area (Å²) in [6, 6.07) is 7.55. The van der Waals surface area contributed by atoms with E-state index >= 15 is 0 Å². The third-order valence-corrected chi connectivity index (χ3v) is 4.82. The zero-order valence-electron chi connectivity index (χ0n) is 15.3. The van der Waals surface area contributed by atoms with Gasteiger partial charge in [0.15, 0.2) is 0 Å². The van der Waals surface area contributed by atoms with Crippen LogP contribution < -0.4 is 10.6 Å². The molecule has 5 heteroatoms. The summed E-state index contributed by atoms with van der Waals surface area (Å²) in [6.07, 6.45) is 4.92. The largest absolute Gasteiger partial charge is 0.392 e. The van der Waals surface area contributed by atoms with Crippen molar-refractivity contribution < 1.29 is 14.7 Å². The molecule has 2 rings (SSSR count). The van der Waals surface area contributed by atoms with E-state index in [1.807, 2.05) is 38.1 Å². The van der Waals surface area contributed by atoms with Crippen LogP contribution in [0, 0.1) is 11.8 Å². The van der Waals surface area contributed by atoms with Gasteiger partial charge < -0.3 is 15.7 Å². The second-order valence-corrected chi connectivity index (χ2v) is 7.32. The Balaban J connectivity index is 1.84. The van der Waals surface area contributed by atoms with Crippen LogP contribution in [-0.4, -0.2) is 23.0 Å². The molecule has 3 N–H and O–H groups in total. The maximum atomic E-state index is 12.3. The number of carbonyl (C=O) groups excluding carboxylic acids is 2. The number of aliphatic hydroxyl groups is 1. The van der Waals surface area contributed by atoms with Gasteiger partial charge in [-0.25, -0.2) is 0 Å². The number of hydrogen-bond donors (Lipinski definition) is 3. The molecule has 1 fully saturated rings. The van der Waals surface area contributed by atoms with E-state index in [9.17, 15) is 14.7 Å². The lowest BCUT2D eigenvalue weighted by molar-refractivity contribution is -0.124. The normalized spacial score (nSPS) is 16.5. The Morgan fingerprint density at radius 1 is 1.20 bits per heavy atom. The number of benzene rings is 1. The van der Waals surface area contributed by atoms with E-state index in [1.165, 1.54) is 6.42 Å². The summed E-state index contributed by atoms with van der Waals surface area (Å²) in [7, 11) is 0. The molecule has 25 heavy (non-hydrogen) atoms. The van der Waals surface area contributed by atoms with Crippen molar-refractivity contribution in [1.82, 2.24) is 5.32 Å². The number of anilines is 1. The highest BCUT2D eigenvalue weighted by Crippen LogP contribution is 2.25. The smallest absolute Gasteiger partial charge is 0.227 e. The molecule has 0 heterocycles. The summed E-state index contributed by atoms with van der Waals surface area (Å²) in [5, 5.41) is 15.6. The Morgan fingerprint density at radius 3 is 2.60 bits per heavy atom. The molecule has 1 aromatic carbocycles. The maximum Gasteiger partial charge on any atom is 0.227 e. The predicted molar refractivity (Wildman–Crippen MR) is 99.0 cm³/mol. The van der Waals surface area contributed by atoms with Crippen molar-refractivity contribution in [2.75, 3.05) is 5.32 Å². The van der Waals surface area contributed by atoms with Crippen LogP contribution in [0.4, 0.5) is 5.69 Å². The Morgan fingerprint density at radius 2 is 1.92 bits per heavy atom. The van der Waals surface area contributed by atoms with E-state index in [2.05, 4.69) is 10.6 Å². The van der Waals surface area contributed by atoms with Gasteiger partial charge in [-0.05, 0) is 36.5 Å². The van der Waals surface area contributed by atoms with Gasteiger partial charge in [-0.3, -0.25) is 9.59 Å². The third kappa shape index (κ3) is 6.50. The van der Waals surface area contributed by atoms with E-state index in [-0.39, 0.29) is 30.1 Å². The molecule has 0 spiro atoms. The first-order valence-corrected chi connectivity index (χ1v) is 9.30. The number of aliphatic hydroxyl groups excluding tert-OH is 1. The molecule has 0 aliphatic heterocycles. The van der Waals surface area contributed by atoms with Crippen LogP contribution in [0.3, 0.4) is 0 Å². The fraction of sp³-hybridized carbons (Fsp3) is 0.600. The Kier molecular flexibility index (Phi) is 7.44. The number of carbonyl (C=O) groups is 2. The van der Waals surface area contributed by atoms with Crippen LogP contribution in [0.15, 0.2) is 24.3 Å². The van der Waals surface area contributed by atoms with Crippen LogP contribution in [0.1, 0.15) is 57.9 Å². The number of amides is 2. The van der Waals surface area contributed by atoms with Crippen LogP contribution in [0.5, 0.6) is 0 Å². The van der Waals surface area contributed by atoms with E-state index in [1.54, 1.807) is 0 Å². The lowest BCUT2D eigenvalue weighted by Crippen LogP contribution is -2.29. The predicted octanol–water partition coefficient (Wildman–Crippen LogP) is 3.23. The zero-order chi connectivity index (χ0) is 18.2. The van der Waals surface area contributed by atoms with Gasteiger partial charge >= 0.3 is 0 Å². The van der Waals surface area contributed by atoms with Gasteiger partial charge in [0.1, 0.15) is 0 Å². The standard InChI is InChI=1S/C20H30N2O3/c1-14(2)18(23)12-19(24)21-13-15-7-6-10-17(11-15)22-20(25)16-8-4-3-5-9-16/h6-7,10-11,14,16,18,23H,3-5,8-9,12-13H2,1-2H3,(H,21,24)(H,22,25). The molecule has 1 saturated carbocycles. The van der Waals surface area contributed by atoms with E-state index in [0.29, 0.717) is 6.54 Å². The minimum Gasteiger partial charge on any atom is -0.392 e. The van der Waals surface area contributed by atoms with Gasteiger partial charge in [0, 0.05) is 18.2 Å². The highest BCUT2D eigenvalue weighted by molar-refractivity contribution is 5.92. The van der Waals surface area contributed by atoms with Gasteiger partial charge in [0.2, 0.25) is 11.8 Å². The monoisotopic (exact) mass is 346 g/mol. The first-order chi connectivity index (χ1) is 12.0. The highest BCUT2D eigenvalue weighted by Gasteiger charge is 2.21. The molecular formula is C20H30N2O3. The lowest BCUT2D eigenvalue weighted by atomic mass is 9.88. The lowest BCUT2D eigenvalue weighted by Gasteiger charge is -2.21. The Hall–Kier alpha value is -1.88. The summed E-state index contributed by atoms with van der Waals surface area (Å²) in [6.45, 7) is 4.16. The second-order valence-electron chi connectivity index (χ2n) is 7.32. The van der Waals surface area contributed by atoms with Gasteiger partial charge in [-0.2, -0.15) is 0 Å². The number of nitrogens with one attached hydrogen (secondary N) is 2. The molecule has 5 nitrogen and oxygen atoms in total. The maximum absolute atomic E-state index is 12.3. The Bertz CT molecular complexity index is 580. The third-order valence-electron chi connectivity index (χ3n) is 4.82. The van der Waals surface area contributed by atoms with Gasteiger partial charge in [0.25, 0.3) is 0 Å². The van der Waals surface area contributed by atoms with Gasteiger partial charge in [0.05, 0.1) is 12.5 Å². The quantitative estimate of drug-likeness (QED) is 0.709. The molecule has 1 atom stereocenters. The van der Waals surface area contributed by atoms with Crippen LogP contribution in [-0.2, 0) is 16.1 Å². The molecule has 0 bridgehead atoms. The summed E-state index contributed by atoms with van der Waals surface area (Å²) >= 11 is 0. The van der Waals surface area contributed by atoms with Crippen molar-refractivity contribution in [3.8, 4) is 0 Å². The second kappa shape index (κ2) is 9.56. The molecule has 1 unspecified atom stereocenters. The topological polar surface area (TPSA) is 78.4 Å². The fourth-order valence-electron chi connectivity index (χ4n) is 3.07. The highest BCUT2D eigenvalue weighted by atomic mass is 16.3. The van der Waals surface area contributed by atoms with Crippen molar-refractivity contribution in [2.24, 2.45) is 11.8 Å². The van der Waals surface area contributed by atoms with Crippen molar-refractivity contribution in [1.29, 1.82) is 0 Å². The van der Waals surface area contributed by atoms with E-state index in [0.717, 1.165) is 36.9 Å². The summed E-state index contributed by atoms with van der Waals surface area (Å²) in [5.74, 6) is 0.109. The molecule has 1 aromatic rings. The Labute approximate surface area is 150 Å². The number of hydrogen-bond acceptors (Lipinski definition) is 3. The van der Waals surface area contributed by atoms with Gasteiger partial charge in [-0.15, -0.1) is 0 Å². The number of rotatable bonds is 7. The molecular weight excluding hydrogens is 316 g/mol. The van der Waals surface area contributed by atoms with Crippen molar-refractivity contribution in [2.45, 2.75) is 65.0 Å². The summed E-state index contributed by atoms with van der Waals surface area (Å²) < 4.78 is 0. The first-order valence-electron chi connectivity index (χ1n) is 9.30.